The van der Waals surface area contributed by atoms with E-state index in [2.05, 4.69) is 0 Å². The number of carbonyl (C=O) groups excluding carboxylic acids is 1. The van der Waals surface area contributed by atoms with E-state index in [1.54, 1.807) is 24.3 Å². The number of fused-ring (bicyclic) bond motifs is 1. The molecule has 5 N–H and O–H groups in total. The fourth-order valence-corrected chi connectivity index (χ4v) is 5.47. The zero-order valence-electron chi connectivity index (χ0n) is 26.3. The van der Waals surface area contributed by atoms with Crippen molar-refractivity contribution in [3.63, 3.8) is 0 Å². The summed E-state index contributed by atoms with van der Waals surface area (Å²) in [5.74, 6) is -0.182. The number of rotatable bonds is 10. The Bertz CT molecular complexity index is 1590. The summed E-state index contributed by atoms with van der Waals surface area (Å²) in [7, 11) is 1.53. The number of benzene rings is 2. The van der Waals surface area contributed by atoms with E-state index in [-0.39, 0.29) is 47.8 Å². The number of esters is 1. The lowest BCUT2D eigenvalue weighted by Crippen LogP contribution is -2.59. The molecule has 256 valence electrons. The van der Waals surface area contributed by atoms with Gasteiger partial charge in [0.25, 0.3) is 0 Å². The minimum Gasteiger partial charge on any atom is -0.507 e. The molecule has 0 radical (unpaired) electrons. The van der Waals surface area contributed by atoms with Gasteiger partial charge in [0.15, 0.2) is 17.8 Å². The van der Waals surface area contributed by atoms with Crippen LogP contribution in [-0.2, 0) is 23.7 Å². The highest BCUT2D eigenvalue weighted by Gasteiger charge is 2.47. The molecule has 47 heavy (non-hydrogen) atoms. The van der Waals surface area contributed by atoms with Crippen molar-refractivity contribution in [2.75, 3.05) is 13.7 Å². The highest BCUT2D eigenvalue weighted by molar-refractivity contribution is 5.86. The number of methoxy groups -OCH3 is 1. The van der Waals surface area contributed by atoms with Crippen LogP contribution >= 0.6 is 0 Å². The first-order valence-electron chi connectivity index (χ1n) is 15.3. The molecule has 0 amide bonds. The van der Waals surface area contributed by atoms with E-state index in [0.29, 0.717) is 11.3 Å². The molecule has 0 saturated carbocycles. The number of hydrogen-bond acceptors (Lipinski definition) is 14. The number of aliphatic hydroxyl groups excluding tert-OH is 4. The van der Waals surface area contributed by atoms with Crippen LogP contribution < -0.4 is 14.9 Å². The zero-order valence-corrected chi connectivity index (χ0v) is 26.3. The first-order valence-corrected chi connectivity index (χ1v) is 15.3. The van der Waals surface area contributed by atoms with Crippen LogP contribution in [0.1, 0.15) is 33.6 Å². The van der Waals surface area contributed by atoms with Gasteiger partial charge in [-0.15, -0.1) is 0 Å². The van der Waals surface area contributed by atoms with Crippen LogP contribution in [0, 0.1) is 5.92 Å². The molecule has 1 aromatic heterocycles. The normalized spacial score (nSPS) is 29.5. The predicted molar refractivity (Wildman–Crippen MR) is 164 cm³/mol. The van der Waals surface area contributed by atoms with E-state index in [9.17, 15) is 35.1 Å². The molecule has 5 rings (SSSR count). The van der Waals surface area contributed by atoms with E-state index >= 15 is 0 Å². The lowest BCUT2D eigenvalue weighted by molar-refractivity contribution is -0.309. The maximum atomic E-state index is 12.9. The molecule has 0 spiro atoms. The smallest absolute Gasteiger partial charge is 0.306 e. The molecule has 2 aliphatic rings. The van der Waals surface area contributed by atoms with Gasteiger partial charge in [-0.05, 0) is 37.1 Å². The van der Waals surface area contributed by atoms with Gasteiger partial charge >= 0.3 is 5.97 Å². The molecule has 3 heterocycles. The lowest BCUT2D eigenvalue weighted by Gasteiger charge is -2.42. The average Bonchev–Trinajstić information content (AvgIpc) is 3.02. The Balaban J connectivity index is 1.28. The van der Waals surface area contributed by atoms with Crippen molar-refractivity contribution in [2.24, 2.45) is 5.92 Å². The molecule has 14 nitrogen and oxygen atoms in total. The fourth-order valence-electron chi connectivity index (χ4n) is 5.47. The largest absolute Gasteiger partial charge is 0.507 e. The number of aliphatic hydroxyl groups is 4. The summed E-state index contributed by atoms with van der Waals surface area (Å²) in [6.07, 6.45) is -11.4. The van der Waals surface area contributed by atoms with Crippen LogP contribution in [0.25, 0.3) is 22.3 Å². The predicted octanol–water partition coefficient (Wildman–Crippen LogP) is 1.83. The Hall–Kier alpha value is -3.76. The summed E-state index contributed by atoms with van der Waals surface area (Å²) in [4.78, 5) is 25.1. The van der Waals surface area contributed by atoms with Gasteiger partial charge in [-0.3, -0.25) is 9.59 Å². The second kappa shape index (κ2) is 14.6. The first-order chi connectivity index (χ1) is 22.3. The maximum absolute atomic E-state index is 12.9. The van der Waals surface area contributed by atoms with Gasteiger partial charge in [0.2, 0.25) is 6.29 Å². The lowest BCUT2D eigenvalue weighted by atomic mass is 9.99. The fraction of sp³-hybridized carbons (Fsp3) is 0.515. The second-order valence-corrected chi connectivity index (χ2v) is 12.1. The van der Waals surface area contributed by atoms with Crippen molar-refractivity contribution in [2.45, 2.75) is 88.9 Å². The van der Waals surface area contributed by atoms with Gasteiger partial charge in [0, 0.05) is 36.6 Å². The van der Waals surface area contributed by atoms with Crippen molar-refractivity contribution >= 4 is 16.9 Å². The molecule has 0 aliphatic carbocycles. The minimum atomic E-state index is -1.53. The molecule has 9 atom stereocenters. The Morgan fingerprint density at radius 1 is 0.957 bits per heavy atom. The highest BCUT2D eigenvalue weighted by Crippen LogP contribution is 2.34. The molecule has 2 fully saturated rings. The number of carbonyl (C=O) groups is 1. The average molecular weight is 661 g/mol. The standard InChI is InChI=1S/C33H40O14/c1-15(2)9-26(37)47-31-28(38)16(3)43-32(30(31)40)42-14-20-11-23(36)29(39)33(45-20)44-19-10-21(34)27-22(35)13-24(46-25(27)12-19)17-5-7-18(41-4)8-6-17/h5-8,10,12-13,15-16,20,23,28-34,36,38-40H,9,11,14H2,1-4H3/t16-,20-,23+,28-,29-,30-,31+,32-,33-/m0/s1. The molecule has 0 bridgehead atoms. The Labute approximate surface area is 270 Å². The van der Waals surface area contributed by atoms with E-state index < -0.39 is 72.5 Å². The van der Waals surface area contributed by atoms with E-state index in [1.165, 1.54) is 26.2 Å². The molecular formula is C33H40O14. The summed E-state index contributed by atoms with van der Waals surface area (Å²) in [6, 6.07) is 10.6. The van der Waals surface area contributed by atoms with Crippen LogP contribution in [0.5, 0.6) is 17.2 Å². The molecule has 2 aliphatic heterocycles. The van der Waals surface area contributed by atoms with Crippen LogP contribution in [0.15, 0.2) is 51.7 Å². The Morgan fingerprint density at radius 3 is 2.36 bits per heavy atom. The van der Waals surface area contributed by atoms with E-state index in [1.807, 2.05) is 13.8 Å². The van der Waals surface area contributed by atoms with E-state index in [0.717, 1.165) is 6.07 Å². The van der Waals surface area contributed by atoms with Crippen molar-refractivity contribution < 1.29 is 63.2 Å². The van der Waals surface area contributed by atoms with Crippen molar-refractivity contribution in [1.82, 2.24) is 0 Å². The molecular weight excluding hydrogens is 620 g/mol. The first kappa shape index (κ1) is 34.6. The molecule has 2 saturated heterocycles. The maximum Gasteiger partial charge on any atom is 0.306 e. The van der Waals surface area contributed by atoms with Gasteiger partial charge in [-0.2, -0.15) is 0 Å². The quantitative estimate of drug-likeness (QED) is 0.197. The molecule has 2 aromatic carbocycles. The third-order valence-electron chi connectivity index (χ3n) is 7.98. The van der Waals surface area contributed by atoms with Crippen molar-refractivity contribution in [3.8, 4) is 28.6 Å². The zero-order chi connectivity index (χ0) is 34.0. The Morgan fingerprint density at radius 2 is 1.68 bits per heavy atom. The van der Waals surface area contributed by atoms with Crippen LogP contribution in [-0.4, -0.2) is 101 Å². The topological polar surface area (TPSA) is 204 Å². The summed E-state index contributed by atoms with van der Waals surface area (Å²) in [6.45, 7) is 4.96. The summed E-state index contributed by atoms with van der Waals surface area (Å²) in [5, 5.41) is 53.1. The van der Waals surface area contributed by atoms with Crippen LogP contribution in [0.4, 0.5) is 0 Å². The second-order valence-electron chi connectivity index (χ2n) is 12.1. The number of hydrogen-bond donors (Lipinski definition) is 5. The third kappa shape index (κ3) is 7.87. The number of ether oxygens (including phenoxy) is 6. The van der Waals surface area contributed by atoms with Crippen molar-refractivity contribution in [3.05, 3.63) is 52.7 Å². The van der Waals surface area contributed by atoms with Crippen molar-refractivity contribution in [1.29, 1.82) is 0 Å². The molecule has 0 unspecified atom stereocenters. The number of aromatic hydroxyl groups is 1. The van der Waals surface area contributed by atoms with Gasteiger partial charge in [-0.25, -0.2) is 0 Å². The van der Waals surface area contributed by atoms with Crippen LogP contribution in [0.2, 0.25) is 0 Å². The van der Waals surface area contributed by atoms with E-state index in [4.69, 9.17) is 32.8 Å². The van der Waals surface area contributed by atoms with Gasteiger partial charge in [-0.1, -0.05) is 13.8 Å². The molecule has 14 heteroatoms. The van der Waals surface area contributed by atoms with Crippen LogP contribution in [0.3, 0.4) is 0 Å². The summed E-state index contributed by atoms with van der Waals surface area (Å²) >= 11 is 0. The summed E-state index contributed by atoms with van der Waals surface area (Å²) < 4.78 is 39.5. The third-order valence-corrected chi connectivity index (χ3v) is 7.98. The Kier molecular flexibility index (Phi) is 10.7. The van der Waals surface area contributed by atoms with Gasteiger partial charge in [0.05, 0.1) is 32.0 Å². The highest BCUT2D eigenvalue weighted by atomic mass is 16.7. The number of phenols is 1. The summed E-state index contributed by atoms with van der Waals surface area (Å²) in [5.41, 5.74) is 0.102. The SMILES string of the molecule is COc1ccc(-c2cc(=O)c3c(O)cc(O[C@H]4O[C@H](CO[C@H]5O[C@@H](C)[C@H](O)[C@@H](OC(=O)CC(C)C)[C@@H]5O)C[C@@H](O)[C@@H]4O)cc3o2)cc1. The molecule has 3 aromatic rings. The van der Waals surface area contributed by atoms with Gasteiger partial charge < -0.3 is 58.4 Å². The van der Waals surface area contributed by atoms with Gasteiger partial charge in [0.1, 0.15) is 52.3 Å². The number of phenolic OH excluding ortho intramolecular Hbond substituents is 1. The minimum absolute atomic E-state index is 0.00689. The monoisotopic (exact) mass is 660 g/mol.